The first-order valence-electron chi connectivity index (χ1n) is 12.7. The number of carboxylic acid groups (broad SMARTS) is 1. The summed E-state index contributed by atoms with van der Waals surface area (Å²) in [4.78, 5) is 32.8. The second-order valence-corrected chi connectivity index (χ2v) is 10.00. The molecule has 1 saturated carbocycles. The number of nitrogens with zero attached hydrogens (tertiary/aromatic N) is 2. The van der Waals surface area contributed by atoms with Gasteiger partial charge in [-0.3, -0.25) is 14.6 Å². The minimum atomic E-state index is -0.906. The standard InChI is InChI=1S/C29H33FN4O4/c1-16-5-4-6-21(30)26(16)27-17(2)7-8-23(33-27)29(37)34-24-15-32-11-9-20(24)19-13-18(3)28(22(31)14-19)38-12-10-25(35)36/h4-9,11,15,18-19,22,28H,10,12-14,31H2,1-3H3,(H,34,37)(H,35,36). The van der Waals surface area contributed by atoms with Crippen LogP contribution in [0.4, 0.5) is 10.1 Å². The Hall–Kier alpha value is -3.69. The summed E-state index contributed by atoms with van der Waals surface area (Å²) in [7, 11) is 0. The number of hydrogen-bond donors (Lipinski definition) is 3. The average Bonchev–Trinajstić information content (AvgIpc) is 2.86. The van der Waals surface area contributed by atoms with Gasteiger partial charge in [0.25, 0.3) is 5.91 Å². The molecule has 4 atom stereocenters. The van der Waals surface area contributed by atoms with E-state index in [4.69, 9.17) is 15.6 Å². The molecule has 1 aliphatic rings. The minimum absolute atomic E-state index is 0.0558. The molecule has 9 heteroatoms. The lowest BCUT2D eigenvalue weighted by molar-refractivity contribution is -0.139. The fourth-order valence-corrected chi connectivity index (χ4v) is 5.28. The summed E-state index contributed by atoms with van der Waals surface area (Å²) in [6.45, 7) is 5.81. The lowest BCUT2D eigenvalue weighted by Crippen LogP contribution is -2.46. The Morgan fingerprint density at radius 3 is 2.66 bits per heavy atom. The summed E-state index contributed by atoms with van der Waals surface area (Å²) < 4.78 is 20.5. The minimum Gasteiger partial charge on any atom is -0.481 e. The van der Waals surface area contributed by atoms with Crippen LogP contribution in [0.5, 0.6) is 0 Å². The van der Waals surface area contributed by atoms with Crippen molar-refractivity contribution >= 4 is 17.6 Å². The van der Waals surface area contributed by atoms with Crippen LogP contribution in [0.2, 0.25) is 0 Å². The van der Waals surface area contributed by atoms with E-state index < -0.39 is 11.9 Å². The molecule has 4 N–H and O–H groups in total. The molecule has 0 spiro atoms. The molecule has 0 bridgehead atoms. The molecule has 200 valence electrons. The number of halogens is 1. The van der Waals surface area contributed by atoms with Crippen LogP contribution in [0.15, 0.2) is 48.8 Å². The maximum absolute atomic E-state index is 14.7. The second kappa shape index (κ2) is 11.8. The summed E-state index contributed by atoms with van der Waals surface area (Å²) in [6.07, 6.45) is 4.37. The van der Waals surface area contributed by atoms with Crippen LogP contribution in [-0.2, 0) is 9.53 Å². The molecule has 3 aromatic rings. The third-order valence-corrected chi connectivity index (χ3v) is 7.15. The maximum atomic E-state index is 14.7. The number of aliphatic carboxylic acids is 1. The Bertz CT molecular complexity index is 1300. The van der Waals surface area contributed by atoms with Crippen LogP contribution >= 0.6 is 0 Å². The van der Waals surface area contributed by atoms with Crippen molar-refractivity contribution in [1.82, 2.24) is 9.97 Å². The number of aryl methyl sites for hydroxylation is 2. The van der Waals surface area contributed by atoms with Gasteiger partial charge in [-0.1, -0.05) is 25.1 Å². The highest BCUT2D eigenvalue weighted by atomic mass is 19.1. The first-order valence-corrected chi connectivity index (χ1v) is 12.7. The zero-order valence-electron chi connectivity index (χ0n) is 21.8. The van der Waals surface area contributed by atoms with Crippen LogP contribution in [0, 0.1) is 25.6 Å². The number of anilines is 1. The molecule has 1 amide bonds. The lowest BCUT2D eigenvalue weighted by Gasteiger charge is -2.39. The largest absolute Gasteiger partial charge is 0.481 e. The fourth-order valence-electron chi connectivity index (χ4n) is 5.28. The number of carbonyl (C=O) groups excluding carboxylic acids is 1. The molecular formula is C29H33FN4O4. The van der Waals surface area contributed by atoms with Gasteiger partial charge in [-0.15, -0.1) is 0 Å². The second-order valence-electron chi connectivity index (χ2n) is 10.00. The van der Waals surface area contributed by atoms with Gasteiger partial charge in [0, 0.05) is 17.8 Å². The Labute approximate surface area is 221 Å². The number of aromatic nitrogens is 2. The predicted octanol–water partition coefficient (Wildman–Crippen LogP) is 4.85. The number of ether oxygens (including phenoxy) is 1. The van der Waals surface area contributed by atoms with E-state index in [0.29, 0.717) is 23.4 Å². The summed E-state index contributed by atoms with van der Waals surface area (Å²) in [5, 5.41) is 11.8. The van der Waals surface area contributed by atoms with Crippen molar-refractivity contribution in [1.29, 1.82) is 0 Å². The molecule has 38 heavy (non-hydrogen) atoms. The van der Waals surface area contributed by atoms with Crippen molar-refractivity contribution in [2.45, 2.75) is 58.1 Å². The van der Waals surface area contributed by atoms with Crippen molar-refractivity contribution < 1.29 is 23.8 Å². The summed E-state index contributed by atoms with van der Waals surface area (Å²) >= 11 is 0. The number of carboxylic acids is 1. The number of nitrogens with two attached hydrogens (primary N) is 1. The van der Waals surface area contributed by atoms with Gasteiger partial charge in [0.1, 0.15) is 11.5 Å². The Kier molecular flexibility index (Phi) is 8.48. The van der Waals surface area contributed by atoms with Crippen molar-refractivity contribution in [3.63, 3.8) is 0 Å². The Balaban J connectivity index is 1.53. The highest BCUT2D eigenvalue weighted by Gasteiger charge is 2.36. The number of pyridine rings is 2. The monoisotopic (exact) mass is 520 g/mol. The molecule has 2 aromatic heterocycles. The number of carbonyl (C=O) groups is 2. The molecule has 4 rings (SSSR count). The molecule has 1 aliphatic carbocycles. The SMILES string of the molecule is Cc1ccc(C(=O)Nc2cnccc2C2CC(C)C(OCCC(=O)O)C(N)C2)nc1-c1c(C)cccc1F. The van der Waals surface area contributed by atoms with Gasteiger partial charge < -0.3 is 20.9 Å². The molecule has 0 aliphatic heterocycles. The van der Waals surface area contributed by atoms with Gasteiger partial charge in [-0.25, -0.2) is 9.37 Å². The van der Waals surface area contributed by atoms with Crippen LogP contribution in [0.3, 0.4) is 0 Å². The zero-order chi connectivity index (χ0) is 27.4. The van der Waals surface area contributed by atoms with Crippen LogP contribution < -0.4 is 11.1 Å². The van der Waals surface area contributed by atoms with Crippen LogP contribution in [-0.4, -0.2) is 45.7 Å². The normalized spacial score (nSPS) is 21.2. The van der Waals surface area contributed by atoms with Crippen LogP contribution in [0.1, 0.15) is 59.3 Å². The van der Waals surface area contributed by atoms with Crippen molar-refractivity contribution in [2.75, 3.05) is 11.9 Å². The number of amides is 1. The average molecular weight is 521 g/mol. The molecule has 0 radical (unpaired) electrons. The summed E-state index contributed by atoms with van der Waals surface area (Å²) in [5.41, 5.74) is 10.4. The Morgan fingerprint density at radius 1 is 1.16 bits per heavy atom. The van der Waals surface area contributed by atoms with Gasteiger partial charge in [-0.05, 0) is 73.4 Å². The number of rotatable bonds is 8. The van der Waals surface area contributed by atoms with Crippen molar-refractivity contribution in [3.05, 3.63) is 77.0 Å². The van der Waals surface area contributed by atoms with E-state index in [1.807, 2.05) is 32.9 Å². The predicted molar refractivity (Wildman–Crippen MR) is 142 cm³/mol. The van der Waals surface area contributed by atoms with Gasteiger partial charge in [0.05, 0.1) is 36.7 Å². The number of hydrogen-bond acceptors (Lipinski definition) is 6. The summed E-state index contributed by atoms with van der Waals surface area (Å²) in [5.74, 6) is -1.56. The molecule has 8 nitrogen and oxygen atoms in total. The molecule has 1 aromatic carbocycles. The molecule has 1 fully saturated rings. The molecule has 0 saturated heterocycles. The van der Waals surface area contributed by atoms with E-state index in [1.54, 1.807) is 30.6 Å². The first kappa shape index (κ1) is 27.3. The smallest absolute Gasteiger partial charge is 0.305 e. The summed E-state index contributed by atoms with van der Waals surface area (Å²) in [6, 6.07) is 9.83. The lowest BCUT2D eigenvalue weighted by atomic mass is 9.74. The van der Waals surface area contributed by atoms with Gasteiger partial charge in [-0.2, -0.15) is 0 Å². The molecule has 2 heterocycles. The third-order valence-electron chi connectivity index (χ3n) is 7.15. The number of nitrogens with one attached hydrogen (secondary N) is 1. The zero-order valence-corrected chi connectivity index (χ0v) is 21.8. The van der Waals surface area contributed by atoms with E-state index >= 15 is 0 Å². The van der Waals surface area contributed by atoms with Crippen molar-refractivity contribution in [3.8, 4) is 11.3 Å². The topological polar surface area (TPSA) is 127 Å². The van der Waals surface area contributed by atoms with Gasteiger partial charge >= 0.3 is 5.97 Å². The fraction of sp³-hybridized carbons (Fsp3) is 0.379. The van der Waals surface area contributed by atoms with Crippen LogP contribution in [0.25, 0.3) is 11.3 Å². The van der Waals surface area contributed by atoms with E-state index in [2.05, 4.69) is 15.3 Å². The first-order chi connectivity index (χ1) is 18.2. The molecule has 4 unspecified atom stereocenters. The highest BCUT2D eigenvalue weighted by molar-refractivity contribution is 6.03. The highest BCUT2D eigenvalue weighted by Crippen LogP contribution is 2.39. The van der Waals surface area contributed by atoms with Crippen molar-refractivity contribution in [2.24, 2.45) is 11.7 Å². The Morgan fingerprint density at radius 2 is 1.95 bits per heavy atom. The van der Waals surface area contributed by atoms with E-state index in [-0.39, 0.29) is 48.5 Å². The van der Waals surface area contributed by atoms with E-state index in [1.165, 1.54) is 6.07 Å². The van der Waals surface area contributed by atoms with E-state index in [9.17, 15) is 14.0 Å². The van der Waals surface area contributed by atoms with E-state index in [0.717, 1.165) is 23.1 Å². The van der Waals surface area contributed by atoms with Gasteiger partial charge in [0.2, 0.25) is 0 Å². The van der Waals surface area contributed by atoms with Gasteiger partial charge in [0.15, 0.2) is 0 Å². The third kappa shape index (κ3) is 6.06. The quantitative estimate of drug-likeness (QED) is 0.387. The number of benzene rings is 1. The molecular weight excluding hydrogens is 487 g/mol. The maximum Gasteiger partial charge on any atom is 0.305 e.